The van der Waals surface area contributed by atoms with Gasteiger partial charge in [0.1, 0.15) is 5.60 Å². The van der Waals surface area contributed by atoms with Gasteiger partial charge in [0.2, 0.25) is 0 Å². The van der Waals surface area contributed by atoms with Crippen LogP contribution in [0.5, 0.6) is 0 Å². The minimum atomic E-state index is -3.45. The van der Waals surface area contributed by atoms with Crippen LogP contribution in [0, 0.1) is 17.8 Å². The fourth-order valence-corrected chi connectivity index (χ4v) is 4.15. The molecule has 0 aliphatic carbocycles. The Kier molecular flexibility index (Phi) is 11.9. The number of rotatable bonds is 15. The monoisotopic (exact) mass is 374 g/mol. The molecule has 4 heteroatoms. The summed E-state index contributed by atoms with van der Waals surface area (Å²) in [7, 11) is -3.45. The predicted octanol–water partition coefficient (Wildman–Crippen LogP) is 6.35. The Balaban J connectivity index is 3.92. The van der Waals surface area contributed by atoms with Crippen molar-refractivity contribution in [2.75, 3.05) is 6.26 Å². The van der Waals surface area contributed by atoms with E-state index in [1.165, 1.54) is 38.5 Å². The Morgan fingerprint density at radius 1 is 0.920 bits per heavy atom. The molecule has 0 saturated carbocycles. The lowest BCUT2D eigenvalue weighted by Gasteiger charge is -2.25. The van der Waals surface area contributed by atoms with E-state index in [-0.39, 0.29) is 0 Å². The molecule has 0 saturated heterocycles. The quantitative estimate of drug-likeness (QED) is 0.248. The lowest BCUT2D eigenvalue weighted by Crippen LogP contribution is -2.28. The highest BCUT2D eigenvalue weighted by atomic mass is 32.2. The maximum Gasteiger partial charge on any atom is 0.265 e. The molecule has 0 amide bonds. The molecule has 25 heavy (non-hydrogen) atoms. The highest BCUT2D eigenvalue weighted by Gasteiger charge is 2.25. The van der Waals surface area contributed by atoms with Gasteiger partial charge >= 0.3 is 0 Å². The van der Waals surface area contributed by atoms with E-state index < -0.39 is 15.7 Å². The van der Waals surface area contributed by atoms with E-state index in [9.17, 15) is 8.42 Å². The van der Waals surface area contributed by atoms with E-state index in [0.717, 1.165) is 30.9 Å². The van der Waals surface area contributed by atoms with Crippen LogP contribution in [0.4, 0.5) is 0 Å². The number of hydrogen-bond donors (Lipinski definition) is 0. The highest BCUT2D eigenvalue weighted by molar-refractivity contribution is 7.86. The molecule has 0 aliphatic heterocycles. The van der Waals surface area contributed by atoms with Crippen molar-refractivity contribution in [3.63, 3.8) is 0 Å². The van der Waals surface area contributed by atoms with Crippen molar-refractivity contribution in [1.82, 2.24) is 0 Å². The van der Waals surface area contributed by atoms with Crippen LogP contribution in [0.15, 0.2) is 12.7 Å². The molecular formula is C21H42O3S. The largest absolute Gasteiger partial charge is 0.265 e. The molecule has 0 rings (SSSR count). The van der Waals surface area contributed by atoms with Gasteiger partial charge < -0.3 is 0 Å². The van der Waals surface area contributed by atoms with Crippen molar-refractivity contribution in [2.45, 2.75) is 98.0 Å². The molecule has 0 fully saturated rings. The Bertz CT molecular complexity index is 456. The average Bonchev–Trinajstić information content (AvgIpc) is 2.45. The molecule has 0 aromatic carbocycles. The second-order valence-electron chi connectivity index (χ2n) is 8.66. The van der Waals surface area contributed by atoms with Gasteiger partial charge in [-0.2, -0.15) is 8.42 Å². The van der Waals surface area contributed by atoms with E-state index in [2.05, 4.69) is 34.3 Å². The van der Waals surface area contributed by atoms with Gasteiger partial charge in [0.25, 0.3) is 10.1 Å². The second-order valence-corrected chi connectivity index (χ2v) is 10.2. The van der Waals surface area contributed by atoms with Crippen molar-refractivity contribution >= 4 is 10.1 Å². The van der Waals surface area contributed by atoms with E-state index >= 15 is 0 Å². The van der Waals surface area contributed by atoms with Gasteiger partial charge in [-0.1, -0.05) is 78.7 Å². The van der Waals surface area contributed by atoms with Crippen molar-refractivity contribution in [3.05, 3.63) is 12.7 Å². The molecule has 0 heterocycles. The third-order valence-electron chi connectivity index (χ3n) is 5.02. The Morgan fingerprint density at radius 2 is 1.36 bits per heavy atom. The minimum Gasteiger partial charge on any atom is -0.260 e. The summed E-state index contributed by atoms with van der Waals surface area (Å²) in [6.07, 6.45) is 13.4. The summed E-state index contributed by atoms with van der Waals surface area (Å²) in [5, 5.41) is 0. The second kappa shape index (κ2) is 12.1. The molecule has 0 aromatic rings. The first kappa shape index (κ1) is 24.7. The van der Waals surface area contributed by atoms with Crippen molar-refractivity contribution in [2.24, 2.45) is 17.8 Å². The van der Waals surface area contributed by atoms with Crippen LogP contribution < -0.4 is 0 Å². The van der Waals surface area contributed by atoms with Crippen LogP contribution in [0.3, 0.4) is 0 Å². The molecule has 0 N–H and O–H groups in total. The first-order valence-corrected chi connectivity index (χ1v) is 11.8. The maximum absolute atomic E-state index is 11.4. The summed E-state index contributed by atoms with van der Waals surface area (Å²) in [6.45, 7) is 14.8. The van der Waals surface area contributed by atoms with Gasteiger partial charge in [0.15, 0.2) is 0 Å². The topological polar surface area (TPSA) is 43.4 Å². The molecule has 0 aromatic heterocycles. The zero-order valence-corrected chi connectivity index (χ0v) is 18.3. The van der Waals surface area contributed by atoms with Gasteiger partial charge in [0.05, 0.1) is 6.26 Å². The zero-order valence-electron chi connectivity index (χ0n) is 17.5. The van der Waals surface area contributed by atoms with Gasteiger partial charge in [-0.25, -0.2) is 0 Å². The van der Waals surface area contributed by atoms with Gasteiger partial charge in [0, 0.05) is 0 Å². The molecule has 0 spiro atoms. The summed E-state index contributed by atoms with van der Waals surface area (Å²) in [5.74, 6) is 2.33. The van der Waals surface area contributed by atoms with Crippen LogP contribution in [0.25, 0.3) is 0 Å². The molecule has 150 valence electrons. The van der Waals surface area contributed by atoms with Crippen molar-refractivity contribution in [1.29, 1.82) is 0 Å². The zero-order chi connectivity index (χ0) is 19.5. The van der Waals surface area contributed by atoms with E-state index in [1.54, 1.807) is 13.0 Å². The van der Waals surface area contributed by atoms with Crippen molar-refractivity contribution in [3.8, 4) is 0 Å². The van der Waals surface area contributed by atoms with Gasteiger partial charge in [-0.15, -0.1) is 6.58 Å². The predicted molar refractivity (Wildman–Crippen MR) is 109 cm³/mol. The lowest BCUT2D eigenvalue weighted by atomic mass is 9.90. The van der Waals surface area contributed by atoms with Crippen LogP contribution in [0.2, 0.25) is 0 Å². The normalized spacial score (nSPS) is 17.2. The Labute approximate surface area is 157 Å². The fourth-order valence-electron chi connectivity index (χ4n) is 3.30. The summed E-state index contributed by atoms with van der Waals surface area (Å²) in [5.41, 5.74) is -0.780. The molecule has 0 aliphatic rings. The fraction of sp³-hybridized carbons (Fsp3) is 0.905. The summed E-state index contributed by atoms with van der Waals surface area (Å²) < 4.78 is 27.9. The smallest absolute Gasteiger partial charge is 0.260 e. The van der Waals surface area contributed by atoms with Gasteiger partial charge in [-0.3, -0.25) is 4.18 Å². The van der Waals surface area contributed by atoms with E-state index in [4.69, 9.17) is 4.18 Å². The molecule has 0 radical (unpaired) electrons. The summed E-state index contributed by atoms with van der Waals surface area (Å²) >= 11 is 0. The van der Waals surface area contributed by atoms with Crippen molar-refractivity contribution < 1.29 is 12.6 Å². The van der Waals surface area contributed by atoms with E-state index in [0.29, 0.717) is 12.3 Å². The SMILES string of the molecule is C=CC(C)(CCCC(C)CCCC(C)CCCC(C)C)OS(C)(=O)=O. The minimum absolute atomic E-state index is 0.676. The van der Waals surface area contributed by atoms with E-state index in [1.807, 2.05) is 0 Å². The first-order chi connectivity index (χ1) is 11.5. The number of hydrogen-bond acceptors (Lipinski definition) is 3. The molecule has 3 nitrogen and oxygen atoms in total. The summed E-state index contributed by atoms with van der Waals surface area (Å²) in [4.78, 5) is 0. The average molecular weight is 375 g/mol. The maximum atomic E-state index is 11.4. The molecule has 3 unspecified atom stereocenters. The van der Waals surface area contributed by atoms with Gasteiger partial charge in [-0.05, 0) is 37.5 Å². The third kappa shape index (κ3) is 14.5. The summed E-state index contributed by atoms with van der Waals surface area (Å²) in [6, 6.07) is 0. The van der Waals surface area contributed by atoms with Crippen LogP contribution in [-0.2, 0) is 14.3 Å². The highest BCUT2D eigenvalue weighted by Crippen LogP contribution is 2.26. The Morgan fingerprint density at radius 3 is 1.76 bits per heavy atom. The lowest BCUT2D eigenvalue weighted by molar-refractivity contribution is 0.135. The third-order valence-corrected chi connectivity index (χ3v) is 5.70. The first-order valence-electron chi connectivity index (χ1n) is 10.0. The molecule has 3 atom stereocenters. The van der Waals surface area contributed by atoms with Crippen LogP contribution >= 0.6 is 0 Å². The molecule has 0 bridgehead atoms. The van der Waals surface area contributed by atoms with Crippen LogP contribution in [0.1, 0.15) is 92.4 Å². The standard InChI is InChI=1S/C21H42O3S/c1-8-21(6,24-25(7,22)23)17-11-16-20(5)15-10-14-19(4)13-9-12-18(2)3/h8,18-20H,1,9-17H2,2-7H3. The molecular weight excluding hydrogens is 332 g/mol. The Hall–Kier alpha value is -0.350. The van der Waals surface area contributed by atoms with Crippen LogP contribution in [-0.4, -0.2) is 20.3 Å².